The molecule has 6 nitrogen and oxygen atoms in total. The summed E-state index contributed by atoms with van der Waals surface area (Å²) >= 11 is 5.97. The molecule has 2 aromatic carbocycles. The maximum Gasteiger partial charge on any atom is 0.307 e. The third-order valence-corrected chi connectivity index (χ3v) is 4.62. The van der Waals surface area contributed by atoms with Gasteiger partial charge >= 0.3 is 5.97 Å². The van der Waals surface area contributed by atoms with Crippen molar-refractivity contribution in [3.05, 3.63) is 77.2 Å². The van der Waals surface area contributed by atoms with Crippen LogP contribution < -0.4 is 5.32 Å². The van der Waals surface area contributed by atoms with Crippen LogP contribution in [0.2, 0.25) is 5.02 Å². The van der Waals surface area contributed by atoms with Gasteiger partial charge in [0.1, 0.15) is 5.82 Å². The fourth-order valence-electron chi connectivity index (χ4n) is 3.00. The molecule has 8 heteroatoms. The molecule has 1 N–H and O–H groups in total. The number of hydrogen-bond acceptors (Lipinski definition) is 5. The summed E-state index contributed by atoms with van der Waals surface area (Å²) in [7, 11) is 0. The highest BCUT2D eigenvalue weighted by Gasteiger charge is 2.20. The van der Waals surface area contributed by atoms with E-state index in [9.17, 15) is 14.0 Å². The van der Waals surface area contributed by atoms with Crippen LogP contribution >= 0.6 is 11.6 Å². The lowest BCUT2D eigenvalue weighted by Gasteiger charge is -2.18. The van der Waals surface area contributed by atoms with E-state index in [2.05, 4.69) is 10.3 Å². The molecule has 0 fully saturated rings. The second-order valence-corrected chi connectivity index (χ2v) is 7.01. The van der Waals surface area contributed by atoms with E-state index >= 15 is 0 Å². The first kappa shape index (κ1) is 21.5. The lowest BCUT2D eigenvalue weighted by atomic mass is 9.99. The minimum Gasteiger partial charge on any atom is -0.466 e. The van der Waals surface area contributed by atoms with Crippen molar-refractivity contribution in [1.82, 2.24) is 10.3 Å². The van der Waals surface area contributed by atoms with Crippen molar-refractivity contribution < 1.29 is 23.1 Å². The summed E-state index contributed by atoms with van der Waals surface area (Å²) in [6, 6.07) is 11.0. The molecule has 0 aliphatic heterocycles. The van der Waals surface area contributed by atoms with Gasteiger partial charge in [0.25, 0.3) is 5.91 Å². The zero-order valence-corrected chi connectivity index (χ0v) is 17.0. The second-order valence-electron chi connectivity index (χ2n) is 6.57. The van der Waals surface area contributed by atoms with Crippen molar-refractivity contribution in [3.63, 3.8) is 0 Å². The van der Waals surface area contributed by atoms with E-state index in [0.29, 0.717) is 22.6 Å². The number of nitrogens with zero attached hydrogens (tertiary/aromatic N) is 1. The Hall–Kier alpha value is -3.19. The molecule has 1 aromatic heterocycles. The molecule has 1 amide bonds. The Morgan fingerprint density at radius 1 is 1.23 bits per heavy atom. The number of esters is 1. The van der Waals surface area contributed by atoms with Gasteiger partial charge in [-0.2, -0.15) is 0 Å². The van der Waals surface area contributed by atoms with Crippen LogP contribution in [-0.2, 0) is 16.0 Å². The third-order valence-electron chi connectivity index (χ3n) is 4.39. The Kier molecular flexibility index (Phi) is 7.19. The van der Waals surface area contributed by atoms with Crippen LogP contribution in [0, 0.1) is 5.82 Å². The first-order valence-corrected chi connectivity index (χ1v) is 9.73. The van der Waals surface area contributed by atoms with Crippen LogP contribution in [0.15, 0.2) is 59.5 Å². The van der Waals surface area contributed by atoms with E-state index < -0.39 is 17.9 Å². The molecular weight excluding hydrogens is 411 g/mol. The van der Waals surface area contributed by atoms with Crippen molar-refractivity contribution >= 4 is 23.5 Å². The number of carbonyl (C=O) groups excluding carboxylic acids is 2. The molecule has 156 valence electrons. The number of aromatic nitrogens is 1. The average Bonchev–Trinajstić information content (AvgIpc) is 3.26. The van der Waals surface area contributed by atoms with Gasteiger partial charge in [0.05, 0.1) is 19.2 Å². The predicted octanol–water partition coefficient (Wildman–Crippen LogP) is 4.43. The van der Waals surface area contributed by atoms with Gasteiger partial charge in [0.2, 0.25) is 5.76 Å². The van der Waals surface area contributed by atoms with Crippen molar-refractivity contribution in [2.24, 2.45) is 0 Å². The number of halogens is 2. The quantitative estimate of drug-likeness (QED) is 0.535. The molecule has 0 aliphatic rings. The maximum absolute atomic E-state index is 14.1. The lowest BCUT2D eigenvalue weighted by molar-refractivity contribution is -0.143. The van der Waals surface area contributed by atoms with Gasteiger partial charge in [-0.1, -0.05) is 35.9 Å². The van der Waals surface area contributed by atoms with Gasteiger partial charge in [-0.25, -0.2) is 9.37 Å². The standard InChI is InChI=1S/C22H20ClFN2O4/c1-2-29-21(27)11-17(26-22(28)20-12-25-13-30-20)9-14-3-5-15(6-4-14)18-10-16(23)7-8-19(18)24/h3-8,10,12-13,17H,2,9,11H2,1H3,(H,26,28)/t17-/m1/s1. The number of rotatable bonds is 8. The summed E-state index contributed by atoms with van der Waals surface area (Å²) in [4.78, 5) is 28.0. The van der Waals surface area contributed by atoms with Crippen molar-refractivity contribution in [3.8, 4) is 11.1 Å². The molecule has 30 heavy (non-hydrogen) atoms. The van der Waals surface area contributed by atoms with Gasteiger partial charge in [0, 0.05) is 16.6 Å². The molecule has 0 saturated heterocycles. The topological polar surface area (TPSA) is 81.4 Å². The minimum atomic E-state index is -0.518. The fraction of sp³-hybridized carbons (Fsp3) is 0.227. The second kappa shape index (κ2) is 10.0. The molecule has 3 rings (SSSR count). The van der Waals surface area contributed by atoms with Gasteiger partial charge in [0.15, 0.2) is 6.39 Å². The average molecular weight is 431 g/mol. The molecule has 0 radical (unpaired) electrons. The Balaban J connectivity index is 1.75. The molecular formula is C22H20ClFN2O4. The molecule has 0 bridgehead atoms. The Bertz CT molecular complexity index is 1010. The molecule has 0 unspecified atom stereocenters. The van der Waals surface area contributed by atoms with E-state index in [1.54, 1.807) is 25.1 Å². The largest absolute Gasteiger partial charge is 0.466 e. The van der Waals surface area contributed by atoms with Crippen molar-refractivity contribution in [1.29, 1.82) is 0 Å². The summed E-state index contributed by atoms with van der Waals surface area (Å²) in [6.07, 6.45) is 2.82. The fourth-order valence-corrected chi connectivity index (χ4v) is 3.18. The van der Waals surface area contributed by atoms with Crippen molar-refractivity contribution in [2.45, 2.75) is 25.8 Å². The SMILES string of the molecule is CCOC(=O)C[C@@H](Cc1ccc(-c2cc(Cl)ccc2F)cc1)NC(=O)c1cnco1. The molecule has 1 atom stereocenters. The van der Waals surface area contributed by atoms with E-state index in [0.717, 1.165) is 12.0 Å². The summed E-state index contributed by atoms with van der Waals surface area (Å²) in [5.74, 6) is -1.21. The van der Waals surface area contributed by atoms with Gasteiger partial charge in [-0.3, -0.25) is 9.59 Å². The van der Waals surface area contributed by atoms with Gasteiger partial charge in [-0.05, 0) is 42.7 Å². The smallest absolute Gasteiger partial charge is 0.307 e. The Morgan fingerprint density at radius 3 is 2.67 bits per heavy atom. The highest BCUT2D eigenvalue weighted by Crippen LogP contribution is 2.26. The number of ether oxygens (including phenoxy) is 1. The van der Waals surface area contributed by atoms with E-state index in [4.69, 9.17) is 20.8 Å². The van der Waals surface area contributed by atoms with E-state index in [-0.39, 0.29) is 24.6 Å². The van der Waals surface area contributed by atoms with Crippen molar-refractivity contribution in [2.75, 3.05) is 6.61 Å². The number of amides is 1. The first-order chi connectivity index (χ1) is 14.5. The predicted molar refractivity (Wildman–Crippen MR) is 110 cm³/mol. The number of benzene rings is 2. The zero-order valence-electron chi connectivity index (χ0n) is 16.2. The monoisotopic (exact) mass is 430 g/mol. The number of oxazole rings is 1. The van der Waals surface area contributed by atoms with E-state index in [1.807, 2.05) is 12.1 Å². The highest BCUT2D eigenvalue weighted by molar-refractivity contribution is 6.30. The maximum atomic E-state index is 14.1. The zero-order chi connectivity index (χ0) is 21.5. The number of nitrogens with one attached hydrogen (secondary N) is 1. The minimum absolute atomic E-state index is 0.00160. The van der Waals surface area contributed by atoms with Crippen LogP contribution in [0.25, 0.3) is 11.1 Å². The summed E-state index contributed by atoms with van der Waals surface area (Å²) < 4.78 is 24.1. The Morgan fingerprint density at radius 2 is 2.00 bits per heavy atom. The van der Waals surface area contributed by atoms with Gasteiger partial charge < -0.3 is 14.5 Å². The van der Waals surface area contributed by atoms with Crippen LogP contribution in [0.4, 0.5) is 4.39 Å². The van der Waals surface area contributed by atoms with Crippen LogP contribution in [-0.4, -0.2) is 29.5 Å². The molecule has 3 aromatic rings. The van der Waals surface area contributed by atoms with Crippen LogP contribution in [0.5, 0.6) is 0 Å². The molecule has 1 heterocycles. The van der Waals surface area contributed by atoms with Crippen LogP contribution in [0.3, 0.4) is 0 Å². The first-order valence-electron chi connectivity index (χ1n) is 9.35. The van der Waals surface area contributed by atoms with E-state index in [1.165, 1.54) is 18.3 Å². The summed E-state index contributed by atoms with van der Waals surface area (Å²) in [6.45, 7) is 1.97. The summed E-state index contributed by atoms with van der Waals surface area (Å²) in [5, 5.41) is 3.21. The summed E-state index contributed by atoms with van der Waals surface area (Å²) in [5.41, 5.74) is 1.93. The Labute approximate surface area is 178 Å². The number of carbonyl (C=O) groups is 2. The molecule has 0 saturated carbocycles. The van der Waals surface area contributed by atoms with Crippen LogP contribution in [0.1, 0.15) is 29.5 Å². The van der Waals surface area contributed by atoms with Gasteiger partial charge in [-0.15, -0.1) is 0 Å². The molecule has 0 spiro atoms. The third kappa shape index (κ3) is 5.67. The lowest BCUT2D eigenvalue weighted by Crippen LogP contribution is -2.38. The molecule has 0 aliphatic carbocycles. The normalized spacial score (nSPS) is 11.7. The number of hydrogen-bond donors (Lipinski definition) is 1. The highest BCUT2D eigenvalue weighted by atomic mass is 35.5.